The molecule has 5 heteroatoms. The van der Waals surface area contributed by atoms with Crippen LogP contribution in [-0.2, 0) is 10.0 Å². The molecule has 0 aromatic heterocycles. The maximum absolute atomic E-state index is 11.0. The molecule has 1 aromatic carbocycles. The molecule has 0 spiro atoms. The average molecular weight is 213 g/mol. The van der Waals surface area contributed by atoms with Crippen molar-refractivity contribution in [2.75, 3.05) is 6.61 Å². The molecular formula is C9H11NO3S. The SMILES string of the molecule is NS(=O)(=O)c1cccc(C=CCO)c1. The van der Waals surface area contributed by atoms with Crippen molar-refractivity contribution in [1.29, 1.82) is 0 Å². The summed E-state index contributed by atoms with van der Waals surface area (Å²) in [4.78, 5) is 0.0672. The number of hydrogen-bond donors (Lipinski definition) is 2. The second-order valence-corrected chi connectivity index (χ2v) is 4.26. The van der Waals surface area contributed by atoms with Crippen LogP contribution in [0.5, 0.6) is 0 Å². The first-order valence-electron chi connectivity index (χ1n) is 3.94. The highest BCUT2D eigenvalue weighted by Crippen LogP contribution is 2.10. The van der Waals surface area contributed by atoms with Crippen LogP contribution in [-0.4, -0.2) is 20.1 Å². The fraction of sp³-hybridized carbons (Fsp3) is 0.111. The lowest BCUT2D eigenvalue weighted by atomic mass is 10.2. The maximum Gasteiger partial charge on any atom is 0.238 e. The van der Waals surface area contributed by atoms with Gasteiger partial charge in [-0.1, -0.05) is 24.3 Å². The zero-order chi connectivity index (χ0) is 10.6. The van der Waals surface area contributed by atoms with Gasteiger partial charge in [0.25, 0.3) is 0 Å². The number of benzene rings is 1. The molecule has 0 aliphatic carbocycles. The number of aliphatic hydroxyl groups excluding tert-OH is 1. The molecular weight excluding hydrogens is 202 g/mol. The van der Waals surface area contributed by atoms with E-state index in [1.165, 1.54) is 18.2 Å². The first-order chi connectivity index (χ1) is 6.54. The van der Waals surface area contributed by atoms with Crippen molar-refractivity contribution >= 4 is 16.1 Å². The van der Waals surface area contributed by atoms with Crippen LogP contribution in [0.1, 0.15) is 5.56 Å². The molecule has 1 aromatic rings. The van der Waals surface area contributed by atoms with Crippen molar-refractivity contribution in [1.82, 2.24) is 0 Å². The monoisotopic (exact) mass is 213 g/mol. The minimum Gasteiger partial charge on any atom is -0.392 e. The van der Waals surface area contributed by atoms with Crippen molar-refractivity contribution < 1.29 is 13.5 Å². The van der Waals surface area contributed by atoms with Gasteiger partial charge in [0, 0.05) is 0 Å². The van der Waals surface area contributed by atoms with Crippen molar-refractivity contribution in [2.45, 2.75) is 4.90 Å². The van der Waals surface area contributed by atoms with E-state index in [-0.39, 0.29) is 11.5 Å². The Bertz CT molecular complexity index is 437. The number of sulfonamides is 1. The Kier molecular flexibility index (Phi) is 3.40. The lowest BCUT2D eigenvalue weighted by Gasteiger charge is -1.98. The zero-order valence-electron chi connectivity index (χ0n) is 7.42. The minimum atomic E-state index is -3.65. The van der Waals surface area contributed by atoms with Gasteiger partial charge in [0.15, 0.2) is 0 Å². The van der Waals surface area contributed by atoms with Crippen LogP contribution in [0.25, 0.3) is 6.08 Å². The zero-order valence-corrected chi connectivity index (χ0v) is 8.24. The van der Waals surface area contributed by atoms with Crippen LogP contribution in [0.3, 0.4) is 0 Å². The Morgan fingerprint density at radius 1 is 1.43 bits per heavy atom. The first kappa shape index (κ1) is 10.9. The molecule has 76 valence electrons. The summed E-state index contributed by atoms with van der Waals surface area (Å²) in [7, 11) is -3.65. The predicted molar refractivity (Wildman–Crippen MR) is 53.9 cm³/mol. The molecule has 0 saturated carbocycles. The van der Waals surface area contributed by atoms with Gasteiger partial charge in [-0.15, -0.1) is 0 Å². The lowest BCUT2D eigenvalue weighted by molar-refractivity contribution is 0.343. The summed E-state index contributed by atoms with van der Waals surface area (Å²) in [6.45, 7) is -0.0837. The molecule has 3 N–H and O–H groups in total. The summed E-state index contributed by atoms with van der Waals surface area (Å²) in [6.07, 6.45) is 3.14. The Balaban J connectivity index is 3.08. The summed E-state index contributed by atoms with van der Waals surface area (Å²) in [5, 5.41) is 13.5. The highest BCUT2D eigenvalue weighted by Gasteiger charge is 2.06. The summed E-state index contributed by atoms with van der Waals surface area (Å²) in [5.41, 5.74) is 0.686. The second kappa shape index (κ2) is 4.36. The van der Waals surface area contributed by atoms with Gasteiger partial charge in [0.2, 0.25) is 10.0 Å². The molecule has 0 atom stereocenters. The number of primary sulfonamides is 1. The minimum absolute atomic E-state index is 0.0672. The summed E-state index contributed by atoms with van der Waals surface area (Å²) >= 11 is 0. The molecule has 1 rings (SSSR count). The van der Waals surface area contributed by atoms with Gasteiger partial charge in [-0.05, 0) is 17.7 Å². The van der Waals surface area contributed by atoms with E-state index >= 15 is 0 Å². The second-order valence-electron chi connectivity index (χ2n) is 2.70. The number of hydrogen-bond acceptors (Lipinski definition) is 3. The fourth-order valence-corrected chi connectivity index (χ4v) is 1.55. The van der Waals surface area contributed by atoms with Gasteiger partial charge in [-0.2, -0.15) is 0 Å². The van der Waals surface area contributed by atoms with Crippen LogP contribution in [0.4, 0.5) is 0 Å². The van der Waals surface area contributed by atoms with Crippen LogP contribution < -0.4 is 5.14 Å². The molecule has 0 unspecified atom stereocenters. The van der Waals surface area contributed by atoms with Crippen molar-refractivity contribution in [2.24, 2.45) is 5.14 Å². The Labute approximate surface area is 82.7 Å². The van der Waals surface area contributed by atoms with E-state index in [1.807, 2.05) is 0 Å². The van der Waals surface area contributed by atoms with Crippen LogP contribution in [0.2, 0.25) is 0 Å². The van der Waals surface area contributed by atoms with E-state index in [4.69, 9.17) is 10.2 Å². The van der Waals surface area contributed by atoms with Crippen LogP contribution >= 0.6 is 0 Å². The van der Waals surface area contributed by atoms with Crippen LogP contribution in [0, 0.1) is 0 Å². The highest BCUT2D eigenvalue weighted by atomic mass is 32.2. The van der Waals surface area contributed by atoms with Crippen molar-refractivity contribution in [3.05, 3.63) is 35.9 Å². The fourth-order valence-electron chi connectivity index (χ4n) is 0.984. The predicted octanol–water partition coefficient (Wildman–Crippen LogP) is 0.340. The molecule has 0 saturated heterocycles. The number of nitrogens with two attached hydrogens (primary N) is 1. The van der Waals surface area contributed by atoms with Gasteiger partial charge in [0.05, 0.1) is 11.5 Å². The third-order valence-corrected chi connectivity index (χ3v) is 2.51. The molecule has 0 amide bonds. The summed E-state index contributed by atoms with van der Waals surface area (Å²) < 4.78 is 21.9. The normalized spacial score (nSPS) is 12.1. The summed E-state index contributed by atoms with van der Waals surface area (Å²) in [6, 6.07) is 6.19. The van der Waals surface area contributed by atoms with Gasteiger partial charge in [-0.25, -0.2) is 13.6 Å². The molecule has 0 bridgehead atoms. The Morgan fingerprint density at radius 2 is 2.14 bits per heavy atom. The standard InChI is InChI=1S/C9H11NO3S/c10-14(12,13)9-5-1-3-8(7-9)4-2-6-11/h1-5,7,11H,6H2,(H2,10,12,13). The average Bonchev–Trinajstić information content (AvgIpc) is 2.14. The molecule has 0 heterocycles. The largest absolute Gasteiger partial charge is 0.392 e. The van der Waals surface area contributed by atoms with Crippen molar-refractivity contribution in [3.63, 3.8) is 0 Å². The highest BCUT2D eigenvalue weighted by molar-refractivity contribution is 7.89. The lowest BCUT2D eigenvalue weighted by Crippen LogP contribution is -2.11. The third-order valence-electron chi connectivity index (χ3n) is 1.60. The van der Waals surface area contributed by atoms with E-state index in [1.54, 1.807) is 18.2 Å². The smallest absolute Gasteiger partial charge is 0.238 e. The topological polar surface area (TPSA) is 80.4 Å². The number of aliphatic hydroxyl groups is 1. The Hall–Kier alpha value is -1.17. The molecule has 4 nitrogen and oxygen atoms in total. The van der Waals surface area contributed by atoms with Gasteiger partial charge in [-0.3, -0.25) is 0 Å². The molecule has 0 aliphatic heterocycles. The van der Waals surface area contributed by atoms with Gasteiger partial charge in [0.1, 0.15) is 0 Å². The van der Waals surface area contributed by atoms with Crippen LogP contribution in [0.15, 0.2) is 35.2 Å². The quantitative estimate of drug-likeness (QED) is 0.759. The Morgan fingerprint density at radius 3 is 2.71 bits per heavy atom. The van der Waals surface area contributed by atoms with E-state index < -0.39 is 10.0 Å². The van der Waals surface area contributed by atoms with Gasteiger partial charge >= 0.3 is 0 Å². The van der Waals surface area contributed by atoms with E-state index in [0.29, 0.717) is 5.56 Å². The van der Waals surface area contributed by atoms with E-state index in [0.717, 1.165) is 0 Å². The van der Waals surface area contributed by atoms with Crippen molar-refractivity contribution in [3.8, 4) is 0 Å². The number of rotatable bonds is 3. The molecule has 0 radical (unpaired) electrons. The summed E-state index contributed by atoms with van der Waals surface area (Å²) in [5.74, 6) is 0. The maximum atomic E-state index is 11.0. The third kappa shape index (κ3) is 2.95. The molecule has 0 aliphatic rings. The molecule has 0 fully saturated rings. The molecule has 14 heavy (non-hydrogen) atoms. The van der Waals surface area contributed by atoms with E-state index in [9.17, 15) is 8.42 Å². The van der Waals surface area contributed by atoms with Gasteiger partial charge < -0.3 is 5.11 Å². The van der Waals surface area contributed by atoms with E-state index in [2.05, 4.69) is 0 Å². The first-order valence-corrected chi connectivity index (χ1v) is 5.49.